The lowest BCUT2D eigenvalue weighted by Crippen LogP contribution is -2.40. The number of carboxylic acid groups (broad SMARTS) is 1. The minimum absolute atomic E-state index is 0. The number of hydrogen-bond donors (Lipinski definition) is 3. The zero-order valence-corrected chi connectivity index (χ0v) is 43.2. The normalized spacial score (nSPS) is 13.4. The fourth-order valence-electron chi connectivity index (χ4n) is 8.74. The van der Waals surface area contributed by atoms with Gasteiger partial charge in [-0.3, -0.25) is 19.0 Å². The predicted octanol–water partition coefficient (Wildman–Crippen LogP) is 13.9. The van der Waals surface area contributed by atoms with Crippen molar-refractivity contribution in [2.24, 2.45) is 14.1 Å². The van der Waals surface area contributed by atoms with Crippen LogP contribution < -0.4 is 4.74 Å². The van der Waals surface area contributed by atoms with Crippen molar-refractivity contribution in [1.82, 2.24) is 34.8 Å². The number of aromatic hydroxyl groups is 1. The largest absolute Gasteiger partial charge is 0.508 e. The zero-order valence-electron chi connectivity index (χ0n) is 43.2. The van der Waals surface area contributed by atoms with Crippen molar-refractivity contribution < 1.29 is 74.6 Å². The molecule has 1 aliphatic heterocycles. The van der Waals surface area contributed by atoms with Gasteiger partial charge >= 0.3 is 24.4 Å². The summed E-state index contributed by atoms with van der Waals surface area (Å²) in [6, 6.07) is 39.2. The van der Waals surface area contributed by atoms with E-state index in [2.05, 4.69) is 20.5 Å². The summed E-state index contributed by atoms with van der Waals surface area (Å²) in [6.45, 7) is 0.197. The smallest absolute Gasteiger partial charge is 0.416 e. The summed E-state index contributed by atoms with van der Waals surface area (Å²) in [6.07, 6.45) is -6.08. The van der Waals surface area contributed by atoms with E-state index in [0.717, 1.165) is 46.6 Å². The third-order valence-corrected chi connectivity index (χ3v) is 13.0. The average Bonchev–Trinajstić information content (AvgIpc) is 4.54. The first-order chi connectivity index (χ1) is 38.7. The van der Waals surface area contributed by atoms with Crippen LogP contribution in [0.25, 0.3) is 22.5 Å². The van der Waals surface area contributed by atoms with E-state index in [1.807, 2.05) is 30.3 Å². The molecule has 0 unspecified atom stereocenters. The molecule has 0 bridgehead atoms. The number of carbonyl (C=O) groups excluding carboxylic acids is 2. The maximum atomic E-state index is 13.1. The van der Waals surface area contributed by atoms with Crippen LogP contribution in [0.2, 0.25) is 0 Å². The van der Waals surface area contributed by atoms with Gasteiger partial charge in [0.15, 0.2) is 0 Å². The highest BCUT2D eigenvalue weighted by Gasteiger charge is 2.39. The second-order valence-electron chi connectivity index (χ2n) is 18.5. The van der Waals surface area contributed by atoms with Crippen LogP contribution >= 0.6 is 0 Å². The van der Waals surface area contributed by atoms with Crippen LogP contribution in [0.3, 0.4) is 0 Å². The van der Waals surface area contributed by atoms with Gasteiger partial charge in [0.1, 0.15) is 37.2 Å². The van der Waals surface area contributed by atoms with Crippen molar-refractivity contribution in [3.05, 3.63) is 215 Å². The topological polar surface area (TPSA) is 221 Å². The molecule has 85 heavy (non-hydrogen) atoms. The SMILES string of the molecule is C.C.C.C.Cn1nc(-c2ccc(C(F)(F)F)cc2)cc1CO.Cn1nc(-c2ccc(C(F)(F)F)cc2)cc1COc1ccc([C@H](CC(=O)O)c2ccon2)cc1.O=C(C[C@@H](c1ccc(O)cc1)c1ccon1)N1C(=O)OC[C@@H]1Cc1ccccc1. The third-order valence-electron chi connectivity index (χ3n) is 13.0. The quantitative estimate of drug-likeness (QED) is 0.0766. The number of carbonyl (C=O) groups is 3. The van der Waals surface area contributed by atoms with Gasteiger partial charge in [-0.25, -0.2) is 9.69 Å². The summed E-state index contributed by atoms with van der Waals surface area (Å²) in [7, 11) is 3.39. The second kappa shape index (κ2) is 30.2. The van der Waals surface area contributed by atoms with E-state index in [1.54, 1.807) is 91.6 Å². The maximum absolute atomic E-state index is 13.1. The Morgan fingerprint density at radius 3 is 1.56 bits per heavy atom. The van der Waals surface area contributed by atoms with Crippen LogP contribution in [-0.2, 0) is 60.4 Å². The highest BCUT2D eigenvalue weighted by Crippen LogP contribution is 2.34. The number of aliphatic hydroxyl groups is 1. The summed E-state index contributed by atoms with van der Waals surface area (Å²) in [5.74, 6) is -1.45. The molecule has 0 saturated carbocycles. The van der Waals surface area contributed by atoms with Crippen LogP contribution in [0.4, 0.5) is 31.1 Å². The lowest BCUT2D eigenvalue weighted by molar-refractivity contribution is -0.138. The summed E-state index contributed by atoms with van der Waals surface area (Å²) >= 11 is 0. The molecule has 9 aromatic rings. The number of carboxylic acids is 1. The van der Waals surface area contributed by atoms with E-state index in [9.17, 15) is 50.9 Å². The van der Waals surface area contributed by atoms with E-state index in [4.69, 9.17) is 23.6 Å². The standard InChI is InChI=1S/C24H20F3N3O4.C22H20N2O5.C12H11F3N2O.4CH4/c1-30-18(12-22(28-30)16-2-6-17(7-3-16)24(25,26)27)14-33-19-8-4-15(5-9-19)20(13-23(31)32)21-10-11-34-29-21;25-18-8-6-16(7-9-18)19(20-10-11-29-23-20)13-21(26)24-17(14-28-22(24)27)12-15-4-2-1-3-5-15;1-17-10(7-18)6-11(16-17)8-2-4-9(5-3-8)12(13,14)15;;;;/h2-12,20H,13-14H2,1H3,(H,31,32);1-11,17,19,25H,12-14H2;2-6,18H,7H2,1H3;4*1H4/t20-;17-,19-;;;;;/m00...../s1. The van der Waals surface area contributed by atoms with Crippen molar-refractivity contribution in [3.63, 3.8) is 0 Å². The van der Waals surface area contributed by atoms with Gasteiger partial charge in [0, 0.05) is 55.6 Å². The lowest BCUT2D eigenvalue weighted by Gasteiger charge is -2.22. The minimum Gasteiger partial charge on any atom is -0.508 e. The van der Waals surface area contributed by atoms with E-state index in [0.29, 0.717) is 51.8 Å². The van der Waals surface area contributed by atoms with Crippen LogP contribution in [0.15, 0.2) is 173 Å². The number of aryl methyl sites for hydroxylation is 2. The van der Waals surface area contributed by atoms with E-state index >= 15 is 0 Å². The summed E-state index contributed by atoms with van der Waals surface area (Å²) < 4.78 is 99.4. The fraction of sp³-hybridized carbons (Fsp3) is 0.274. The molecule has 3 N–H and O–H groups in total. The number of alkyl halides is 6. The molecular weight excluding hydrogens is 1120 g/mol. The predicted molar refractivity (Wildman–Crippen MR) is 305 cm³/mol. The Balaban J connectivity index is 0.000000278. The number of nitrogens with zero attached hydrogens (tertiary/aromatic N) is 7. The van der Waals surface area contributed by atoms with Gasteiger partial charge < -0.3 is 33.8 Å². The Hall–Kier alpha value is -9.51. The van der Waals surface area contributed by atoms with E-state index < -0.39 is 47.4 Å². The van der Waals surface area contributed by atoms with Crippen molar-refractivity contribution in [3.8, 4) is 34.0 Å². The number of aliphatic hydroxyl groups excluding tert-OH is 1. The third kappa shape index (κ3) is 17.8. The van der Waals surface area contributed by atoms with E-state index in [-0.39, 0.29) is 80.1 Å². The molecule has 0 radical (unpaired) electrons. The van der Waals surface area contributed by atoms with Gasteiger partial charge in [-0.05, 0) is 83.8 Å². The number of ether oxygens (including phenoxy) is 2. The summed E-state index contributed by atoms with van der Waals surface area (Å²) in [4.78, 5) is 37.9. The Morgan fingerprint density at radius 2 is 1.12 bits per heavy atom. The average molecular weight is 1180 g/mol. The number of phenolic OH excluding ortho intramolecular Hbond substituents is 1. The first kappa shape index (κ1) is 68.0. The van der Waals surface area contributed by atoms with E-state index in [1.165, 1.54) is 46.4 Å². The first-order valence-electron chi connectivity index (χ1n) is 24.8. The molecular formula is C62H67F6N7O10. The van der Waals surface area contributed by atoms with Gasteiger partial charge in [-0.15, -0.1) is 0 Å². The van der Waals surface area contributed by atoms with Gasteiger partial charge in [-0.1, -0.05) is 119 Å². The molecule has 5 aromatic carbocycles. The lowest BCUT2D eigenvalue weighted by atomic mass is 9.91. The van der Waals surface area contributed by atoms with Crippen molar-refractivity contribution in [1.29, 1.82) is 0 Å². The number of hydrogen-bond acceptors (Lipinski definition) is 13. The van der Waals surface area contributed by atoms with Crippen LogP contribution in [-0.4, -0.2) is 80.7 Å². The molecule has 0 aliphatic carbocycles. The molecule has 4 aromatic heterocycles. The highest BCUT2D eigenvalue weighted by atomic mass is 19.4. The van der Waals surface area contributed by atoms with Crippen LogP contribution in [0.1, 0.15) is 105 Å². The Bertz CT molecular complexity index is 3480. The first-order valence-corrected chi connectivity index (χ1v) is 24.8. The van der Waals surface area contributed by atoms with Gasteiger partial charge in [0.25, 0.3) is 0 Å². The molecule has 1 saturated heterocycles. The van der Waals surface area contributed by atoms with Crippen molar-refractivity contribution in [2.45, 2.75) is 92.4 Å². The number of aliphatic carboxylic acids is 1. The maximum Gasteiger partial charge on any atom is 0.416 e. The fourth-order valence-corrected chi connectivity index (χ4v) is 8.74. The zero-order chi connectivity index (χ0) is 57.8. The number of aromatic nitrogens is 6. The number of amides is 2. The molecule has 10 rings (SSSR count). The molecule has 17 nitrogen and oxygen atoms in total. The van der Waals surface area contributed by atoms with Crippen LogP contribution in [0.5, 0.6) is 11.5 Å². The molecule has 452 valence electrons. The number of imide groups is 1. The number of cyclic esters (lactones) is 1. The Morgan fingerprint density at radius 1 is 0.647 bits per heavy atom. The molecule has 2 amide bonds. The summed E-state index contributed by atoms with van der Waals surface area (Å²) in [5, 5.41) is 44.1. The monoisotopic (exact) mass is 1180 g/mol. The molecule has 3 atom stereocenters. The number of benzene rings is 5. The Kier molecular flexibility index (Phi) is 24.1. The number of halogens is 6. The highest BCUT2D eigenvalue weighted by molar-refractivity contribution is 5.94. The van der Waals surface area contributed by atoms with Gasteiger partial charge in [0.2, 0.25) is 5.91 Å². The second-order valence-corrected chi connectivity index (χ2v) is 18.5. The molecule has 1 fully saturated rings. The minimum atomic E-state index is -4.39. The van der Waals surface area contributed by atoms with Crippen LogP contribution in [0, 0.1) is 0 Å². The summed E-state index contributed by atoms with van der Waals surface area (Å²) in [5.41, 5.74) is 5.83. The number of rotatable bonds is 16. The Labute approximate surface area is 487 Å². The molecule has 0 spiro atoms. The van der Waals surface area contributed by atoms with Gasteiger partial charge in [-0.2, -0.15) is 36.5 Å². The molecule has 23 heteroatoms. The van der Waals surface area contributed by atoms with Gasteiger partial charge in [0.05, 0.1) is 64.4 Å². The number of phenols is 1. The van der Waals surface area contributed by atoms with Crippen molar-refractivity contribution in [2.75, 3.05) is 6.61 Å². The van der Waals surface area contributed by atoms with Crippen molar-refractivity contribution >= 4 is 18.0 Å². The molecule has 1 aliphatic rings. The molecule has 5 heterocycles.